The summed E-state index contributed by atoms with van der Waals surface area (Å²) in [6, 6.07) is 8.48. The van der Waals surface area contributed by atoms with Gasteiger partial charge in [-0.05, 0) is 31.5 Å². The fraction of sp³-hybridized carbons (Fsp3) is 0.682. The summed E-state index contributed by atoms with van der Waals surface area (Å²) < 4.78 is 11.1. The molecule has 3 atom stereocenters. The Morgan fingerprint density at radius 2 is 1.87 bits per heavy atom. The molecule has 2 aliphatic rings. The van der Waals surface area contributed by atoms with Gasteiger partial charge in [0, 0.05) is 50.7 Å². The second-order valence-corrected chi connectivity index (χ2v) is 8.62. The molecule has 1 heterocycles. The molecule has 172 valence electrons. The van der Waals surface area contributed by atoms with Gasteiger partial charge in [-0.1, -0.05) is 26.0 Å². The van der Waals surface area contributed by atoms with E-state index in [2.05, 4.69) is 37.8 Å². The lowest BCUT2D eigenvalue weighted by atomic mass is 9.54. The standard InChI is InChI=1S/C22H35N3O3.2ClH/c1-6-28-19-15-22(23,21(19,3)4)20(26)25-12-10-24(11-13-25)16(2)17-8-7-9-18(14-17)27-5;;/h7-9,14,16,19H,6,10-13,15,23H2,1-5H3;2*1H. The Bertz CT molecular complexity index is 711. The number of hydrogen-bond donors (Lipinski definition) is 1. The number of halogens is 2. The number of rotatable bonds is 6. The van der Waals surface area contributed by atoms with E-state index in [4.69, 9.17) is 15.2 Å². The average molecular weight is 462 g/mol. The molecule has 3 rings (SSSR count). The highest BCUT2D eigenvalue weighted by Crippen LogP contribution is 2.50. The van der Waals surface area contributed by atoms with Gasteiger partial charge in [0.15, 0.2) is 0 Å². The van der Waals surface area contributed by atoms with Crippen LogP contribution in [-0.2, 0) is 9.53 Å². The Morgan fingerprint density at radius 1 is 1.23 bits per heavy atom. The molecule has 2 N–H and O–H groups in total. The molecule has 1 aromatic rings. The summed E-state index contributed by atoms with van der Waals surface area (Å²) in [5, 5.41) is 0. The van der Waals surface area contributed by atoms with Gasteiger partial charge >= 0.3 is 0 Å². The Labute approximate surface area is 193 Å². The smallest absolute Gasteiger partial charge is 0.243 e. The Hall–Kier alpha value is -1.05. The summed E-state index contributed by atoms with van der Waals surface area (Å²) in [7, 11) is 1.69. The monoisotopic (exact) mass is 461 g/mol. The van der Waals surface area contributed by atoms with Crippen molar-refractivity contribution in [1.82, 2.24) is 9.80 Å². The number of nitrogens with two attached hydrogens (primary N) is 1. The zero-order chi connectivity index (χ0) is 20.5. The van der Waals surface area contributed by atoms with Gasteiger partial charge in [-0.25, -0.2) is 0 Å². The molecule has 0 aromatic heterocycles. The topological polar surface area (TPSA) is 68.0 Å². The highest BCUT2D eigenvalue weighted by Gasteiger charge is 2.63. The van der Waals surface area contributed by atoms with Crippen LogP contribution in [-0.4, -0.2) is 67.2 Å². The minimum Gasteiger partial charge on any atom is -0.497 e. The van der Waals surface area contributed by atoms with E-state index in [1.54, 1.807) is 7.11 Å². The lowest BCUT2D eigenvalue weighted by Crippen LogP contribution is -2.76. The fourth-order valence-electron chi connectivity index (χ4n) is 4.50. The van der Waals surface area contributed by atoms with Crippen LogP contribution in [0.5, 0.6) is 5.75 Å². The number of benzene rings is 1. The quantitative estimate of drug-likeness (QED) is 0.703. The molecule has 30 heavy (non-hydrogen) atoms. The van der Waals surface area contributed by atoms with Crippen LogP contribution in [0.25, 0.3) is 0 Å². The van der Waals surface area contributed by atoms with Crippen molar-refractivity contribution in [2.24, 2.45) is 11.1 Å². The fourth-order valence-corrected chi connectivity index (χ4v) is 4.50. The predicted molar refractivity (Wildman–Crippen MR) is 125 cm³/mol. The minimum absolute atomic E-state index is 0. The van der Waals surface area contributed by atoms with Gasteiger partial charge < -0.3 is 20.1 Å². The number of nitrogens with zero attached hydrogens (tertiary/aromatic N) is 2. The molecular weight excluding hydrogens is 425 g/mol. The van der Waals surface area contributed by atoms with Crippen LogP contribution in [0.4, 0.5) is 0 Å². The first-order chi connectivity index (χ1) is 13.2. The molecule has 3 unspecified atom stereocenters. The highest BCUT2D eigenvalue weighted by atomic mass is 35.5. The third kappa shape index (κ3) is 4.73. The van der Waals surface area contributed by atoms with Crippen LogP contribution >= 0.6 is 24.8 Å². The highest BCUT2D eigenvalue weighted by molar-refractivity contribution is 5.89. The number of methoxy groups -OCH3 is 1. The van der Waals surface area contributed by atoms with Crippen LogP contribution in [0.1, 0.15) is 45.7 Å². The molecule has 6 nitrogen and oxygen atoms in total. The van der Waals surface area contributed by atoms with Gasteiger partial charge in [0.1, 0.15) is 11.3 Å². The number of piperazine rings is 1. The molecule has 1 amide bonds. The predicted octanol–water partition coefficient (Wildman–Crippen LogP) is 3.28. The van der Waals surface area contributed by atoms with Crippen LogP contribution in [0.3, 0.4) is 0 Å². The summed E-state index contributed by atoms with van der Waals surface area (Å²) in [6.45, 7) is 12.0. The van der Waals surface area contributed by atoms with Gasteiger partial charge in [-0.2, -0.15) is 0 Å². The molecule has 1 saturated heterocycles. The molecule has 0 radical (unpaired) electrons. The molecule has 0 spiro atoms. The summed E-state index contributed by atoms with van der Waals surface area (Å²) in [4.78, 5) is 17.6. The second-order valence-electron chi connectivity index (χ2n) is 8.62. The number of carbonyl (C=O) groups is 1. The van der Waals surface area contributed by atoms with E-state index in [1.807, 2.05) is 24.0 Å². The second kappa shape index (κ2) is 10.5. The molecular formula is C22H37Cl2N3O3. The largest absolute Gasteiger partial charge is 0.497 e. The van der Waals surface area contributed by atoms with Crippen LogP contribution < -0.4 is 10.5 Å². The van der Waals surface area contributed by atoms with Crippen molar-refractivity contribution < 1.29 is 14.3 Å². The summed E-state index contributed by atoms with van der Waals surface area (Å²) >= 11 is 0. The number of amides is 1. The van der Waals surface area contributed by atoms with E-state index in [9.17, 15) is 4.79 Å². The van der Waals surface area contributed by atoms with Crippen molar-refractivity contribution in [3.8, 4) is 5.75 Å². The van der Waals surface area contributed by atoms with Gasteiger partial charge in [0.25, 0.3) is 0 Å². The minimum atomic E-state index is -0.826. The third-order valence-electron chi connectivity index (χ3n) is 6.94. The molecule has 1 saturated carbocycles. The van der Waals surface area contributed by atoms with E-state index in [-0.39, 0.29) is 48.3 Å². The van der Waals surface area contributed by atoms with E-state index in [1.165, 1.54) is 5.56 Å². The number of ether oxygens (including phenoxy) is 2. The van der Waals surface area contributed by atoms with Crippen molar-refractivity contribution in [2.75, 3.05) is 39.9 Å². The summed E-state index contributed by atoms with van der Waals surface area (Å²) in [5.74, 6) is 0.946. The molecule has 1 aromatic carbocycles. The number of carbonyl (C=O) groups excluding carboxylic acids is 1. The first-order valence-corrected chi connectivity index (χ1v) is 10.3. The van der Waals surface area contributed by atoms with Crippen LogP contribution in [0, 0.1) is 5.41 Å². The average Bonchev–Trinajstić information content (AvgIpc) is 2.72. The van der Waals surface area contributed by atoms with Gasteiger partial charge in [-0.3, -0.25) is 9.69 Å². The lowest BCUT2D eigenvalue weighted by molar-refractivity contribution is -0.180. The van der Waals surface area contributed by atoms with Crippen molar-refractivity contribution >= 4 is 30.7 Å². The Balaban J connectivity index is 0.00000225. The SMILES string of the molecule is CCOC1CC(N)(C(=O)N2CCN(C(C)c3cccc(OC)c3)CC2)C1(C)C.Cl.Cl. The molecule has 0 bridgehead atoms. The lowest BCUT2D eigenvalue weighted by Gasteiger charge is -2.59. The molecule has 2 fully saturated rings. The van der Waals surface area contributed by atoms with Crippen LogP contribution in [0.15, 0.2) is 24.3 Å². The normalized spacial score (nSPS) is 26.6. The zero-order valence-electron chi connectivity index (χ0n) is 18.7. The first-order valence-electron chi connectivity index (χ1n) is 10.3. The van der Waals surface area contributed by atoms with Crippen molar-refractivity contribution in [3.05, 3.63) is 29.8 Å². The van der Waals surface area contributed by atoms with Crippen molar-refractivity contribution in [1.29, 1.82) is 0 Å². The van der Waals surface area contributed by atoms with Gasteiger partial charge in [0.2, 0.25) is 5.91 Å². The van der Waals surface area contributed by atoms with E-state index >= 15 is 0 Å². The third-order valence-corrected chi connectivity index (χ3v) is 6.94. The molecule has 1 aliphatic heterocycles. The zero-order valence-corrected chi connectivity index (χ0v) is 20.4. The van der Waals surface area contributed by atoms with Crippen molar-refractivity contribution in [3.63, 3.8) is 0 Å². The maximum atomic E-state index is 13.2. The number of hydrogen-bond acceptors (Lipinski definition) is 5. The Kier molecular flexibility index (Phi) is 9.45. The van der Waals surface area contributed by atoms with E-state index < -0.39 is 5.54 Å². The van der Waals surface area contributed by atoms with Gasteiger partial charge in [-0.15, -0.1) is 24.8 Å². The van der Waals surface area contributed by atoms with E-state index in [0.29, 0.717) is 26.1 Å². The summed E-state index contributed by atoms with van der Waals surface area (Å²) in [6.07, 6.45) is 0.661. The van der Waals surface area contributed by atoms with E-state index in [0.717, 1.165) is 18.8 Å². The molecule has 1 aliphatic carbocycles. The molecule has 8 heteroatoms. The first kappa shape index (κ1) is 27.0. The maximum Gasteiger partial charge on any atom is 0.243 e. The Morgan fingerprint density at radius 3 is 2.40 bits per heavy atom. The van der Waals surface area contributed by atoms with Crippen LogP contribution in [0.2, 0.25) is 0 Å². The van der Waals surface area contributed by atoms with Gasteiger partial charge in [0.05, 0.1) is 13.2 Å². The summed E-state index contributed by atoms with van der Waals surface area (Å²) in [5.41, 5.74) is 6.66. The maximum absolute atomic E-state index is 13.2. The van der Waals surface area contributed by atoms with Crippen molar-refractivity contribution in [2.45, 2.75) is 51.8 Å².